The van der Waals surface area contributed by atoms with Crippen LogP contribution in [-0.4, -0.2) is 29.2 Å². The monoisotopic (exact) mass is 318 g/mol. The van der Waals surface area contributed by atoms with Gasteiger partial charge in [0.2, 0.25) is 0 Å². The van der Waals surface area contributed by atoms with Crippen LogP contribution >= 0.6 is 11.3 Å². The third-order valence-electron chi connectivity index (χ3n) is 3.39. The zero-order chi connectivity index (χ0) is 15.2. The number of amides is 2. The first-order valence-electron chi connectivity index (χ1n) is 7.29. The van der Waals surface area contributed by atoms with Gasteiger partial charge in [-0.3, -0.25) is 4.98 Å². The van der Waals surface area contributed by atoms with E-state index in [1.165, 1.54) is 0 Å². The average Bonchev–Trinajstić information content (AvgIpc) is 3.24. The zero-order valence-electron chi connectivity index (χ0n) is 12.1. The van der Waals surface area contributed by atoms with E-state index in [0.717, 1.165) is 17.8 Å². The van der Waals surface area contributed by atoms with Gasteiger partial charge in [-0.15, -0.1) is 11.3 Å². The fourth-order valence-electron chi connectivity index (χ4n) is 2.16. The molecule has 116 valence electrons. The Hall–Kier alpha value is -2.15. The average molecular weight is 318 g/mol. The Bertz CT molecular complexity index is 587. The van der Waals surface area contributed by atoms with Crippen molar-refractivity contribution in [3.63, 3.8) is 0 Å². The summed E-state index contributed by atoms with van der Waals surface area (Å²) in [6, 6.07) is 3.49. The molecule has 7 heteroatoms. The van der Waals surface area contributed by atoms with E-state index in [9.17, 15) is 4.79 Å². The summed E-state index contributed by atoms with van der Waals surface area (Å²) in [5, 5.41) is 8.73. The number of carbonyl (C=O) groups is 1. The second kappa shape index (κ2) is 7.22. The van der Waals surface area contributed by atoms with Crippen LogP contribution in [-0.2, 0) is 0 Å². The molecule has 0 bridgehead atoms. The molecule has 0 spiro atoms. The van der Waals surface area contributed by atoms with Gasteiger partial charge in [-0.1, -0.05) is 0 Å². The first kappa shape index (κ1) is 14.8. The second-order valence-corrected chi connectivity index (χ2v) is 6.05. The second-order valence-electron chi connectivity index (χ2n) is 5.12. The SMILES string of the molecule is O=C(NCCOc1cccnc1)NC(c1nccs1)C1CC1. The van der Waals surface area contributed by atoms with Gasteiger partial charge in [0, 0.05) is 17.8 Å². The Morgan fingerprint density at radius 1 is 1.45 bits per heavy atom. The maximum absolute atomic E-state index is 12.0. The number of nitrogens with one attached hydrogen (secondary N) is 2. The molecule has 1 aliphatic rings. The summed E-state index contributed by atoms with van der Waals surface area (Å²) in [7, 11) is 0. The van der Waals surface area contributed by atoms with E-state index in [4.69, 9.17) is 4.74 Å². The van der Waals surface area contributed by atoms with E-state index < -0.39 is 0 Å². The van der Waals surface area contributed by atoms with Crippen molar-refractivity contribution in [3.05, 3.63) is 41.1 Å². The van der Waals surface area contributed by atoms with Gasteiger partial charge in [-0.25, -0.2) is 9.78 Å². The van der Waals surface area contributed by atoms with Crippen LogP contribution in [0.15, 0.2) is 36.1 Å². The number of hydrogen-bond donors (Lipinski definition) is 2. The number of nitrogens with zero attached hydrogens (tertiary/aromatic N) is 2. The summed E-state index contributed by atoms with van der Waals surface area (Å²) in [6.07, 6.45) is 7.40. The normalized spacial score (nSPS) is 15.1. The van der Waals surface area contributed by atoms with Crippen molar-refractivity contribution in [2.75, 3.05) is 13.2 Å². The van der Waals surface area contributed by atoms with Crippen LogP contribution < -0.4 is 15.4 Å². The van der Waals surface area contributed by atoms with E-state index >= 15 is 0 Å². The minimum atomic E-state index is -0.179. The van der Waals surface area contributed by atoms with Crippen molar-refractivity contribution >= 4 is 17.4 Å². The quantitative estimate of drug-likeness (QED) is 0.769. The van der Waals surface area contributed by atoms with Gasteiger partial charge in [0.25, 0.3) is 0 Å². The molecule has 1 unspecified atom stereocenters. The van der Waals surface area contributed by atoms with Gasteiger partial charge in [0.1, 0.15) is 17.4 Å². The molecule has 2 N–H and O–H groups in total. The van der Waals surface area contributed by atoms with Crippen molar-refractivity contribution < 1.29 is 9.53 Å². The molecule has 2 aromatic heterocycles. The molecule has 1 saturated carbocycles. The topological polar surface area (TPSA) is 76.1 Å². The Balaban J connectivity index is 1.40. The number of thiazole rings is 1. The van der Waals surface area contributed by atoms with Crippen LogP contribution in [0.2, 0.25) is 0 Å². The van der Waals surface area contributed by atoms with Gasteiger partial charge >= 0.3 is 6.03 Å². The zero-order valence-corrected chi connectivity index (χ0v) is 12.9. The molecular formula is C15H18N4O2S. The highest BCUT2D eigenvalue weighted by atomic mass is 32.1. The first-order valence-corrected chi connectivity index (χ1v) is 8.17. The fourth-order valence-corrected chi connectivity index (χ4v) is 2.94. The molecule has 2 heterocycles. The van der Waals surface area contributed by atoms with Crippen LogP contribution in [0.3, 0.4) is 0 Å². The third kappa shape index (κ3) is 4.17. The van der Waals surface area contributed by atoms with Gasteiger partial charge in [0.05, 0.1) is 18.8 Å². The first-order chi connectivity index (χ1) is 10.8. The molecule has 2 amide bonds. The third-order valence-corrected chi connectivity index (χ3v) is 4.25. The summed E-state index contributed by atoms with van der Waals surface area (Å²) in [4.78, 5) is 20.3. The number of pyridine rings is 1. The summed E-state index contributed by atoms with van der Waals surface area (Å²) in [5.74, 6) is 1.21. The van der Waals surface area contributed by atoms with Crippen LogP contribution in [0.5, 0.6) is 5.75 Å². The number of aromatic nitrogens is 2. The van der Waals surface area contributed by atoms with Crippen molar-refractivity contribution in [1.82, 2.24) is 20.6 Å². The van der Waals surface area contributed by atoms with Crippen molar-refractivity contribution in [2.45, 2.75) is 18.9 Å². The van der Waals surface area contributed by atoms with Gasteiger partial charge < -0.3 is 15.4 Å². The van der Waals surface area contributed by atoms with E-state index in [1.807, 2.05) is 17.5 Å². The molecule has 1 atom stereocenters. The fraction of sp³-hybridized carbons (Fsp3) is 0.400. The van der Waals surface area contributed by atoms with E-state index in [2.05, 4.69) is 20.6 Å². The molecular weight excluding hydrogens is 300 g/mol. The van der Waals surface area contributed by atoms with Crippen LogP contribution in [0, 0.1) is 5.92 Å². The van der Waals surface area contributed by atoms with E-state index in [1.54, 1.807) is 29.9 Å². The number of ether oxygens (including phenoxy) is 1. The summed E-state index contributed by atoms with van der Waals surface area (Å²) in [6.45, 7) is 0.848. The Morgan fingerprint density at radius 2 is 2.36 bits per heavy atom. The van der Waals surface area contributed by atoms with Gasteiger partial charge in [-0.2, -0.15) is 0 Å². The summed E-state index contributed by atoms with van der Waals surface area (Å²) >= 11 is 1.58. The highest BCUT2D eigenvalue weighted by molar-refractivity contribution is 7.09. The molecule has 0 saturated heterocycles. The number of carbonyl (C=O) groups excluding carboxylic acids is 1. The molecule has 6 nitrogen and oxygen atoms in total. The van der Waals surface area contributed by atoms with Crippen LogP contribution in [0.4, 0.5) is 4.79 Å². The molecule has 22 heavy (non-hydrogen) atoms. The molecule has 0 aliphatic heterocycles. The highest BCUT2D eigenvalue weighted by Gasteiger charge is 2.34. The van der Waals surface area contributed by atoms with Crippen LogP contribution in [0.25, 0.3) is 0 Å². The minimum absolute atomic E-state index is 0.0271. The lowest BCUT2D eigenvalue weighted by Crippen LogP contribution is -2.40. The van der Waals surface area contributed by atoms with Crippen molar-refractivity contribution in [3.8, 4) is 5.75 Å². The minimum Gasteiger partial charge on any atom is -0.490 e. The summed E-state index contributed by atoms with van der Waals surface area (Å²) in [5.41, 5.74) is 0. The largest absolute Gasteiger partial charge is 0.490 e. The van der Waals surface area contributed by atoms with Crippen LogP contribution in [0.1, 0.15) is 23.9 Å². The predicted octanol–water partition coefficient (Wildman–Crippen LogP) is 2.37. The summed E-state index contributed by atoms with van der Waals surface area (Å²) < 4.78 is 5.48. The smallest absolute Gasteiger partial charge is 0.315 e. The molecule has 0 aromatic carbocycles. The molecule has 0 radical (unpaired) electrons. The van der Waals surface area contributed by atoms with E-state index in [-0.39, 0.29) is 12.1 Å². The lowest BCUT2D eigenvalue weighted by molar-refractivity contribution is 0.231. The molecule has 3 rings (SSSR count). The number of urea groups is 1. The molecule has 1 fully saturated rings. The van der Waals surface area contributed by atoms with Crippen molar-refractivity contribution in [1.29, 1.82) is 0 Å². The predicted molar refractivity (Wildman–Crippen MR) is 83.8 cm³/mol. The van der Waals surface area contributed by atoms with Gasteiger partial charge in [0.15, 0.2) is 0 Å². The van der Waals surface area contributed by atoms with E-state index in [0.29, 0.717) is 24.8 Å². The lowest BCUT2D eigenvalue weighted by Gasteiger charge is -2.16. The number of hydrogen-bond acceptors (Lipinski definition) is 5. The van der Waals surface area contributed by atoms with Crippen molar-refractivity contribution in [2.24, 2.45) is 5.92 Å². The standard InChI is InChI=1S/C15H18N4O2S/c20-15(18-6-8-21-12-2-1-5-16-10-12)19-13(11-3-4-11)14-17-7-9-22-14/h1-2,5,7,9-11,13H,3-4,6,8H2,(H2,18,19,20). The lowest BCUT2D eigenvalue weighted by atomic mass is 10.2. The Labute approximate surface area is 132 Å². The number of rotatable bonds is 7. The highest BCUT2D eigenvalue weighted by Crippen LogP contribution is 2.41. The Kier molecular flexibility index (Phi) is 4.85. The maximum Gasteiger partial charge on any atom is 0.315 e. The Morgan fingerprint density at radius 3 is 3.05 bits per heavy atom. The maximum atomic E-state index is 12.0. The molecule has 1 aliphatic carbocycles. The molecule has 2 aromatic rings. The van der Waals surface area contributed by atoms with Gasteiger partial charge in [-0.05, 0) is 30.9 Å².